The molecule has 2 saturated heterocycles. The quantitative estimate of drug-likeness (QED) is 0.653. The van der Waals surface area contributed by atoms with Crippen LogP contribution >= 0.6 is 15.9 Å². The maximum absolute atomic E-state index is 13.1. The van der Waals surface area contributed by atoms with Gasteiger partial charge >= 0.3 is 0 Å². The van der Waals surface area contributed by atoms with Crippen LogP contribution in [0.2, 0.25) is 0 Å². The number of aliphatic hydroxyl groups is 1. The smallest absolute Gasteiger partial charge is 0.243 e. The number of benzene rings is 1. The van der Waals surface area contributed by atoms with Crippen LogP contribution in [-0.4, -0.2) is 80.1 Å². The standard InChI is InChI=1S/C19H24BrN3O5S/c20-15-2-1-14-9-16(12-28-17(14)10-15)29(26,27)23-8-7-22(18(24)11-23)13-19(25)3-5-21-6-4-19/h1-2,9-10,21,25H,3-8,11-13H2. The second kappa shape index (κ2) is 7.99. The average molecular weight is 486 g/mol. The number of nitrogens with zero attached hydrogens (tertiary/aromatic N) is 2. The molecule has 3 aliphatic rings. The zero-order valence-electron chi connectivity index (χ0n) is 15.9. The lowest BCUT2D eigenvalue weighted by atomic mass is 9.91. The van der Waals surface area contributed by atoms with Crippen molar-refractivity contribution in [2.24, 2.45) is 0 Å². The first-order valence-electron chi connectivity index (χ1n) is 9.61. The third-order valence-electron chi connectivity index (χ3n) is 5.64. The predicted molar refractivity (Wildman–Crippen MR) is 112 cm³/mol. The zero-order valence-corrected chi connectivity index (χ0v) is 18.3. The molecule has 158 valence electrons. The fourth-order valence-corrected chi connectivity index (χ4v) is 5.65. The number of carbonyl (C=O) groups is 1. The molecule has 8 nitrogen and oxygen atoms in total. The third kappa shape index (κ3) is 4.36. The summed E-state index contributed by atoms with van der Waals surface area (Å²) in [7, 11) is -3.80. The van der Waals surface area contributed by atoms with E-state index in [1.54, 1.807) is 23.1 Å². The molecule has 3 aliphatic heterocycles. The highest BCUT2D eigenvalue weighted by Gasteiger charge is 2.39. The summed E-state index contributed by atoms with van der Waals surface area (Å²) in [5, 5.41) is 13.9. The van der Waals surface area contributed by atoms with Gasteiger partial charge in [0.25, 0.3) is 0 Å². The molecule has 0 saturated carbocycles. The summed E-state index contributed by atoms with van der Waals surface area (Å²) in [6.07, 6.45) is 2.77. The first-order valence-corrected chi connectivity index (χ1v) is 11.8. The number of β-amino-alcohol motifs (C(OH)–C–C–N with tert-alkyl or cyclic N) is 1. The van der Waals surface area contributed by atoms with Crippen molar-refractivity contribution in [3.63, 3.8) is 0 Å². The summed E-state index contributed by atoms with van der Waals surface area (Å²) in [5.41, 5.74) is -0.212. The van der Waals surface area contributed by atoms with Gasteiger partial charge in [0.2, 0.25) is 15.9 Å². The number of sulfonamides is 1. The Morgan fingerprint density at radius 2 is 2.00 bits per heavy atom. The Kier molecular flexibility index (Phi) is 5.73. The highest BCUT2D eigenvalue weighted by atomic mass is 79.9. The summed E-state index contributed by atoms with van der Waals surface area (Å²) < 4.78 is 33.8. The van der Waals surface area contributed by atoms with Crippen LogP contribution in [0.15, 0.2) is 27.6 Å². The average Bonchev–Trinajstić information content (AvgIpc) is 2.69. The monoisotopic (exact) mass is 485 g/mol. The van der Waals surface area contributed by atoms with Crippen molar-refractivity contribution >= 4 is 37.9 Å². The molecular weight excluding hydrogens is 462 g/mol. The highest BCUT2D eigenvalue weighted by molar-refractivity contribution is 9.10. The number of piperidine rings is 1. The molecule has 3 heterocycles. The van der Waals surface area contributed by atoms with Gasteiger partial charge in [-0.15, -0.1) is 0 Å². The Bertz CT molecular complexity index is 943. The number of hydrogen-bond donors (Lipinski definition) is 2. The molecule has 1 aromatic rings. The van der Waals surface area contributed by atoms with Crippen molar-refractivity contribution < 1.29 is 23.1 Å². The van der Waals surface area contributed by atoms with Crippen LogP contribution in [-0.2, 0) is 14.8 Å². The van der Waals surface area contributed by atoms with Gasteiger partial charge in [0.05, 0.1) is 17.1 Å². The molecule has 4 rings (SSSR count). The summed E-state index contributed by atoms with van der Waals surface area (Å²) in [5.74, 6) is 0.336. The van der Waals surface area contributed by atoms with Gasteiger partial charge in [-0.05, 0) is 44.1 Å². The van der Waals surface area contributed by atoms with Gasteiger partial charge in [-0.2, -0.15) is 4.31 Å². The topological polar surface area (TPSA) is 99.2 Å². The molecule has 2 fully saturated rings. The molecular formula is C19H24BrN3O5S. The van der Waals surface area contributed by atoms with E-state index in [0.29, 0.717) is 37.2 Å². The largest absolute Gasteiger partial charge is 0.487 e. The van der Waals surface area contributed by atoms with E-state index >= 15 is 0 Å². The van der Waals surface area contributed by atoms with E-state index in [0.717, 1.165) is 4.47 Å². The molecule has 29 heavy (non-hydrogen) atoms. The lowest BCUT2D eigenvalue weighted by Crippen LogP contribution is -2.58. The minimum absolute atomic E-state index is 0.0626. The van der Waals surface area contributed by atoms with Gasteiger partial charge in [0.15, 0.2) is 0 Å². The van der Waals surface area contributed by atoms with E-state index in [4.69, 9.17) is 4.74 Å². The fourth-order valence-electron chi connectivity index (χ4n) is 3.90. The zero-order chi connectivity index (χ0) is 20.6. The molecule has 2 N–H and O–H groups in total. The van der Waals surface area contributed by atoms with E-state index in [1.807, 2.05) is 6.07 Å². The number of carbonyl (C=O) groups excluding carboxylic acids is 1. The number of ether oxygens (including phenoxy) is 1. The predicted octanol–water partition coefficient (Wildman–Crippen LogP) is 0.771. The lowest BCUT2D eigenvalue weighted by Gasteiger charge is -2.40. The van der Waals surface area contributed by atoms with Gasteiger partial charge in [0.1, 0.15) is 12.4 Å². The van der Waals surface area contributed by atoms with Gasteiger partial charge in [0, 0.05) is 29.7 Å². The number of piperazine rings is 1. The van der Waals surface area contributed by atoms with Gasteiger partial charge in [-0.1, -0.05) is 22.0 Å². The summed E-state index contributed by atoms with van der Waals surface area (Å²) in [6, 6.07) is 5.40. The molecule has 0 bridgehead atoms. The van der Waals surface area contributed by atoms with E-state index in [2.05, 4.69) is 21.2 Å². The van der Waals surface area contributed by atoms with E-state index < -0.39 is 15.6 Å². The normalized spacial score (nSPS) is 22.6. The molecule has 1 amide bonds. The van der Waals surface area contributed by atoms with Gasteiger partial charge in [-0.25, -0.2) is 8.42 Å². The van der Waals surface area contributed by atoms with Crippen LogP contribution in [0, 0.1) is 0 Å². The van der Waals surface area contributed by atoms with Crippen LogP contribution in [0.25, 0.3) is 6.08 Å². The van der Waals surface area contributed by atoms with E-state index in [1.165, 1.54) is 4.31 Å². The molecule has 0 unspecified atom stereocenters. The third-order valence-corrected chi connectivity index (χ3v) is 8.02. The molecule has 0 radical (unpaired) electrons. The maximum Gasteiger partial charge on any atom is 0.243 e. The SMILES string of the molecule is O=C1CN(S(=O)(=O)C2=Cc3ccc(Br)cc3OC2)CCN1CC1(O)CCNCC1. The fraction of sp³-hybridized carbons (Fsp3) is 0.526. The Balaban J connectivity index is 1.46. The van der Waals surface area contributed by atoms with E-state index in [-0.39, 0.29) is 43.6 Å². The molecule has 0 spiro atoms. The second-order valence-electron chi connectivity index (χ2n) is 7.71. The number of amides is 1. The van der Waals surface area contributed by atoms with Crippen LogP contribution in [0.4, 0.5) is 0 Å². The number of hydrogen-bond acceptors (Lipinski definition) is 6. The lowest BCUT2D eigenvalue weighted by molar-refractivity contribution is -0.139. The maximum atomic E-state index is 13.1. The molecule has 0 atom stereocenters. The van der Waals surface area contributed by atoms with Crippen LogP contribution in [0.5, 0.6) is 5.75 Å². The molecule has 1 aromatic carbocycles. The van der Waals surface area contributed by atoms with Gasteiger partial charge < -0.3 is 20.1 Å². The summed E-state index contributed by atoms with van der Waals surface area (Å²) in [6.45, 7) is 1.86. The van der Waals surface area contributed by atoms with Gasteiger partial charge in [-0.3, -0.25) is 4.79 Å². The minimum atomic E-state index is -3.80. The Morgan fingerprint density at radius 3 is 2.72 bits per heavy atom. The summed E-state index contributed by atoms with van der Waals surface area (Å²) >= 11 is 3.37. The van der Waals surface area contributed by atoms with Crippen LogP contribution in [0.3, 0.4) is 0 Å². The molecule has 0 aromatic heterocycles. The minimum Gasteiger partial charge on any atom is -0.487 e. The highest BCUT2D eigenvalue weighted by Crippen LogP contribution is 2.32. The van der Waals surface area contributed by atoms with Crippen molar-refractivity contribution in [2.75, 3.05) is 45.9 Å². The Hall–Kier alpha value is -1.46. The van der Waals surface area contributed by atoms with Crippen molar-refractivity contribution in [2.45, 2.75) is 18.4 Å². The first-order chi connectivity index (χ1) is 13.8. The van der Waals surface area contributed by atoms with Crippen molar-refractivity contribution in [3.8, 4) is 5.75 Å². The Labute approximate surface area is 178 Å². The number of nitrogens with one attached hydrogen (secondary N) is 1. The second-order valence-corrected chi connectivity index (χ2v) is 10.6. The summed E-state index contributed by atoms with van der Waals surface area (Å²) in [4.78, 5) is 14.3. The van der Waals surface area contributed by atoms with Crippen molar-refractivity contribution in [1.82, 2.24) is 14.5 Å². The number of rotatable bonds is 4. The van der Waals surface area contributed by atoms with Crippen molar-refractivity contribution in [3.05, 3.63) is 33.1 Å². The van der Waals surface area contributed by atoms with E-state index in [9.17, 15) is 18.3 Å². The van der Waals surface area contributed by atoms with Crippen LogP contribution in [0.1, 0.15) is 18.4 Å². The number of fused-ring (bicyclic) bond motifs is 1. The Morgan fingerprint density at radius 1 is 1.24 bits per heavy atom. The van der Waals surface area contributed by atoms with Crippen molar-refractivity contribution in [1.29, 1.82) is 0 Å². The number of halogens is 1. The molecule has 0 aliphatic carbocycles. The first kappa shape index (κ1) is 20.8. The molecule has 10 heteroatoms. The van der Waals surface area contributed by atoms with Crippen LogP contribution < -0.4 is 10.1 Å².